The minimum Gasteiger partial charge on any atom is -0.295 e. The molecular weight excluding hydrogens is 432 g/mol. The molecule has 2 saturated carbocycles. The second-order valence-electron chi connectivity index (χ2n) is 7.23. The van der Waals surface area contributed by atoms with Gasteiger partial charge in [-0.05, 0) is 66.6 Å². The zero-order valence-electron chi connectivity index (χ0n) is 14.0. The summed E-state index contributed by atoms with van der Waals surface area (Å²) in [6.07, 6.45) is 8.08. The molecule has 0 aromatic carbocycles. The number of rotatable bonds is 5. The Hall–Kier alpha value is -1.47. The molecule has 2 aliphatic carbocycles. The van der Waals surface area contributed by atoms with Gasteiger partial charge in [0.05, 0.1) is 16.7 Å². The van der Waals surface area contributed by atoms with E-state index in [1.807, 2.05) is 10.6 Å². The summed E-state index contributed by atoms with van der Waals surface area (Å²) < 4.78 is 6.52. The summed E-state index contributed by atoms with van der Waals surface area (Å²) in [4.78, 5) is 5.63. The maximum atomic E-state index is 9.38. The number of nitrogens with zero attached hydrogens (tertiary/aromatic N) is 5. The normalized spacial score (nSPS) is 19.4. The maximum absolute atomic E-state index is 9.38. The first-order valence-electron chi connectivity index (χ1n) is 8.38. The molecule has 0 spiro atoms. The molecule has 0 saturated heterocycles. The van der Waals surface area contributed by atoms with E-state index in [1.54, 1.807) is 11.9 Å². The van der Waals surface area contributed by atoms with Crippen molar-refractivity contribution in [2.75, 3.05) is 0 Å². The summed E-state index contributed by atoms with van der Waals surface area (Å²) in [7, 11) is 0. The number of imidazole rings is 1. The van der Waals surface area contributed by atoms with Crippen molar-refractivity contribution >= 4 is 44.9 Å². The summed E-state index contributed by atoms with van der Waals surface area (Å²) >= 11 is 6.77. The Morgan fingerprint density at radius 1 is 1.35 bits per heavy atom. The van der Waals surface area contributed by atoms with E-state index in [0.29, 0.717) is 0 Å². The summed E-state index contributed by atoms with van der Waals surface area (Å²) in [5.74, 6) is 0. The van der Waals surface area contributed by atoms with E-state index in [9.17, 15) is 5.26 Å². The van der Waals surface area contributed by atoms with Crippen molar-refractivity contribution in [1.82, 2.24) is 24.3 Å². The van der Waals surface area contributed by atoms with Crippen LogP contribution in [0.3, 0.4) is 0 Å². The number of hydrogen-bond donors (Lipinski definition) is 1. The Morgan fingerprint density at radius 2 is 2.15 bits per heavy atom. The summed E-state index contributed by atoms with van der Waals surface area (Å²) in [6.45, 7) is 2.24. The summed E-state index contributed by atoms with van der Waals surface area (Å²) in [5.41, 5.74) is 1.61. The highest BCUT2D eigenvalue weighted by molar-refractivity contribution is 9.10. The molecule has 0 unspecified atom stereocenters. The Balaban J connectivity index is 1.52. The van der Waals surface area contributed by atoms with E-state index < -0.39 is 5.41 Å². The van der Waals surface area contributed by atoms with Gasteiger partial charge in [-0.15, -0.1) is 10.2 Å². The molecule has 0 atom stereocenters. The van der Waals surface area contributed by atoms with Crippen LogP contribution in [0, 0.1) is 11.3 Å². The number of nitrogens with one attached hydrogen (secondary N) is 1. The van der Waals surface area contributed by atoms with Crippen molar-refractivity contribution in [3.63, 3.8) is 0 Å². The van der Waals surface area contributed by atoms with Gasteiger partial charge in [0.25, 0.3) is 0 Å². The molecule has 3 aromatic rings. The number of aromatic nitrogens is 4. The van der Waals surface area contributed by atoms with Crippen LogP contribution < -0.4 is 4.72 Å². The highest BCUT2D eigenvalue weighted by atomic mass is 79.9. The minimum absolute atomic E-state index is 0.258. The third-order valence-corrected chi connectivity index (χ3v) is 7.76. The van der Waals surface area contributed by atoms with Crippen molar-refractivity contribution in [3.8, 4) is 16.8 Å². The van der Waals surface area contributed by atoms with Crippen LogP contribution in [0.15, 0.2) is 27.8 Å². The molecule has 0 amide bonds. The minimum atomic E-state index is -0.401. The number of pyridine rings is 1. The second kappa shape index (κ2) is 5.76. The summed E-state index contributed by atoms with van der Waals surface area (Å²) in [6, 6.07) is 4.47. The van der Waals surface area contributed by atoms with Gasteiger partial charge in [0.1, 0.15) is 16.1 Å². The summed E-state index contributed by atoms with van der Waals surface area (Å²) in [5, 5.41) is 19.6. The van der Waals surface area contributed by atoms with Crippen molar-refractivity contribution in [1.29, 1.82) is 5.26 Å². The molecule has 3 heterocycles. The molecule has 0 bridgehead atoms. The maximum Gasteiger partial charge on any atom is 0.166 e. The van der Waals surface area contributed by atoms with Gasteiger partial charge in [0.15, 0.2) is 10.7 Å². The van der Waals surface area contributed by atoms with E-state index >= 15 is 0 Å². The lowest BCUT2D eigenvalue weighted by molar-refractivity contribution is 0.701. The molecule has 3 aromatic heterocycles. The molecule has 2 aliphatic rings. The number of hydrogen-bond acceptors (Lipinski definition) is 7. The monoisotopic (exact) mass is 446 g/mol. The molecule has 0 aliphatic heterocycles. The van der Waals surface area contributed by atoms with Gasteiger partial charge in [-0.3, -0.25) is 9.12 Å². The fourth-order valence-corrected chi connectivity index (χ4v) is 5.37. The van der Waals surface area contributed by atoms with Gasteiger partial charge in [0.2, 0.25) is 0 Å². The quantitative estimate of drug-likeness (QED) is 0.587. The van der Waals surface area contributed by atoms with Crippen LogP contribution in [0.1, 0.15) is 37.6 Å². The third-order valence-electron chi connectivity index (χ3n) is 4.97. The SMILES string of the molecule is CC1(NSc2cc(Br)c3ncc(-c4nnc(C5(C#N)CC5)s4)n3c2)CC1. The fraction of sp³-hybridized carbons (Fsp3) is 0.412. The van der Waals surface area contributed by atoms with Crippen LogP contribution in [0.5, 0.6) is 0 Å². The number of halogens is 1. The molecule has 132 valence electrons. The van der Waals surface area contributed by atoms with E-state index in [-0.39, 0.29) is 5.54 Å². The molecule has 1 N–H and O–H groups in total. The van der Waals surface area contributed by atoms with E-state index in [0.717, 1.165) is 43.6 Å². The first-order valence-corrected chi connectivity index (χ1v) is 10.8. The molecule has 2 fully saturated rings. The van der Waals surface area contributed by atoms with E-state index in [1.165, 1.54) is 24.2 Å². The van der Waals surface area contributed by atoms with Gasteiger partial charge < -0.3 is 0 Å². The predicted molar refractivity (Wildman–Crippen MR) is 105 cm³/mol. The highest BCUT2D eigenvalue weighted by Gasteiger charge is 2.48. The lowest BCUT2D eigenvalue weighted by atomic mass is 10.1. The van der Waals surface area contributed by atoms with Crippen LogP contribution in [-0.4, -0.2) is 25.1 Å². The Labute approximate surface area is 167 Å². The molecule has 0 radical (unpaired) electrons. The van der Waals surface area contributed by atoms with Crippen LogP contribution >= 0.6 is 39.2 Å². The van der Waals surface area contributed by atoms with Gasteiger partial charge in [0, 0.05) is 16.6 Å². The zero-order valence-corrected chi connectivity index (χ0v) is 17.2. The van der Waals surface area contributed by atoms with Crippen LogP contribution in [0.25, 0.3) is 16.3 Å². The Bertz CT molecular complexity index is 1060. The largest absolute Gasteiger partial charge is 0.295 e. The van der Waals surface area contributed by atoms with Crippen molar-refractivity contribution in [2.45, 2.75) is 48.5 Å². The topological polar surface area (TPSA) is 78.9 Å². The van der Waals surface area contributed by atoms with Gasteiger partial charge >= 0.3 is 0 Å². The van der Waals surface area contributed by atoms with Crippen molar-refractivity contribution in [2.24, 2.45) is 0 Å². The van der Waals surface area contributed by atoms with Crippen molar-refractivity contribution in [3.05, 3.63) is 27.9 Å². The lowest BCUT2D eigenvalue weighted by Crippen LogP contribution is -2.19. The average molecular weight is 447 g/mol. The van der Waals surface area contributed by atoms with Crippen LogP contribution in [0.2, 0.25) is 0 Å². The Morgan fingerprint density at radius 3 is 2.85 bits per heavy atom. The smallest absolute Gasteiger partial charge is 0.166 e. The van der Waals surface area contributed by atoms with Crippen LogP contribution in [0.4, 0.5) is 0 Å². The molecule has 6 nitrogen and oxygen atoms in total. The average Bonchev–Trinajstić information content (AvgIpc) is 3.47. The Kier molecular flexibility index (Phi) is 3.70. The fourth-order valence-electron chi connectivity index (χ4n) is 2.73. The standard InChI is InChI=1S/C17H15BrN6S2/c1-16(2-3-16)23-26-10-6-11(18)13-20-7-12(24(13)8-10)14-21-22-15(25-14)17(9-19)4-5-17/h6-8,23H,2-5H2,1H3. The second-order valence-corrected chi connectivity index (χ2v) is 9.94. The lowest BCUT2D eigenvalue weighted by Gasteiger charge is -2.11. The number of nitriles is 1. The van der Waals surface area contributed by atoms with Gasteiger partial charge in [-0.1, -0.05) is 11.3 Å². The van der Waals surface area contributed by atoms with Crippen LogP contribution in [-0.2, 0) is 5.41 Å². The van der Waals surface area contributed by atoms with E-state index in [4.69, 9.17) is 0 Å². The highest BCUT2D eigenvalue weighted by Crippen LogP contribution is 2.49. The first kappa shape index (κ1) is 16.7. The molecule has 9 heteroatoms. The first-order chi connectivity index (χ1) is 12.5. The number of fused-ring (bicyclic) bond motifs is 1. The van der Waals surface area contributed by atoms with Crippen molar-refractivity contribution < 1.29 is 0 Å². The molecule has 5 rings (SSSR count). The zero-order chi connectivity index (χ0) is 17.9. The predicted octanol–water partition coefficient (Wildman–Crippen LogP) is 4.32. The molecular formula is C17H15BrN6S2. The third kappa shape index (κ3) is 2.76. The van der Waals surface area contributed by atoms with Gasteiger partial charge in [-0.25, -0.2) is 4.98 Å². The van der Waals surface area contributed by atoms with E-state index in [2.05, 4.69) is 61.1 Å². The van der Waals surface area contributed by atoms with Gasteiger partial charge in [-0.2, -0.15) is 5.26 Å². The molecule has 26 heavy (non-hydrogen) atoms.